The summed E-state index contributed by atoms with van der Waals surface area (Å²) in [6.07, 6.45) is 4.54. The minimum absolute atomic E-state index is 0.681. The van der Waals surface area contributed by atoms with Crippen molar-refractivity contribution in [2.45, 2.75) is 25.7 Å². The number of nitrogen functional groups attached to an aromatic ring is 1. The number of benzene rings is 1. The summed E-state index contributed by atoms with van der Waals surface area (Å²) in [7, 11) is 1.67. The van der Waals surface area contributed by atoms with Crippen molar-refractivity contribution in [3.8, 4) is 11.4 Å². The number of nitrogens with two attached hydrogens (primary N) is 1. The van der Waals surface area contributed by atoms with Crippen molar-refractivity contribution < 1.29 is 4.74 Å². The van der Waals surface area contributed by atoms with Crippen molar-refractivity contribution in [2.24, 2.45) is 0 Å². The van der Waals surface area contributed by atoms with Crippen LogP contribution < -0.4 is 10.5 Å². The van der Waals surface area contributed by atoms with E-state index in [4.69, 9.17) is 10.5 Å². The summed E-state index contributed by atoms with van der Waals surface area (Å²) in [4.78, 5) is 0. The molecule has 0 saturated carbocycles. The molecule has 0 fully saturated rings. The Balaban J connectivity index is 2.05. The number of rotatable bonds is 2. The largest absolute Gasteiger partial charge is 0.497 e. The number of anilines is 1. The molecule has 4 nitrogen and oxygen atoms in total. The molecule has 0 saturated heterocycles. The molecule has 2 N–H and O–H groups in total. The third-order valence-electron chi connectivity index (χ3n) is 3.53. The van der Waals surface area contributed by atoms with Gasteiger partial charge in [-0.05, 0) is 49.9 Å². The molecule has 0 radical (unpaired) electrons. The maximum Gasteiger partial charge on any atom is 0.149 e. The zero-order valence-corrected chi connectivity index (χ0v) is 10.5. The van der Waals surface area contributed by atoms with Gasteiger partial charge in [0, 0.05) is 11.3 Å². The van der Waals surface area contributed by atoms with Crippen molar-refractivity contribution in [2.75, 3.05) is 12.8 Å². The third-order valence-corrected chi connectivity index (χ3v) is 3.53. The monoisotopic (exact) mass is 243 g/mol. The lowest BCUT2D eigenvalue weighted by molar-refractivity contribution is 0.414. The Morgan fingerprint density at radius 2 is 1.89 bits per heavy atom. The van der Waals surface area contributed by atoms with E-state index in [0.29, 0.717) is 5.82 Å². The van der Waals surface area contributed by atoms with Gasteiger partial charge >= 0.3 is 0 Å². The van der Waals surface area contributed by atoms with Gasteiger partial charge in [0.1, 0.15) is 11.6 Å². The Labute approximate surface area is 106 Å². The van der Waals surface area contributed by atoms with Gasteiger partial charge in [-0.3, -0.25) is 0 Å². The van der Waals surface area contributed by atoms with E-state index in [1.165, 1.54) is 24.1 Å². The van der Waals surface area contributed by atoms with E-state index in [1.807, 2.05) is 28.9 Å². The van der Waals surface area contributed by atoms with Crippen LogP contribution in [0.4, 0.5) is 5.82 Å². The first-order valence-electron chi connectivity index (χ1n) is 6.30. The number of ether oxygens (including phenoxy) is 1. The van der Waals surface area contributed by atoms with Gasteiger partial charge in [0.2, 0.25) is 0 Å². The van der Waals surface area contributed by atoms with Gasteiger partial charge in [-0.15, -0.1) is 0 Å². The fraction of sp³-hybridized carbons (Fsp3) is 0.357. The highest BCUT2D eigenvalue weighted by atomic mass is 16.5. The molecule has 0 amide bonds. The van der Waals surface area contributed by atoms with E-state index in [2.05, 4.69) is 5.10 Å². The van der Waals surface area contributed by atoms with Crippen molar-refractivity contribution >= 4 is 5.82 Å². The molecule has 2 aromatic rings. The van der Waals surface area contributed by atoms with Crippen LogP contribution in [0.2, 0.25) is 0 Å². The highest BCUT2D eigenvalue weighted by molar-refractivity contribution is 5.49. The summed E-state index contributed by atoms with van der Waals surface area (Å²) < 4.78 is 7.14. The maximum atomic E-state index is 6.00. The zero-order chi connectivity index (χ0) is 12.5. The molecular weight excluding hydrogens is 226 g/mol. The Morgan fingerprint density at radius 1 is 1.17 bits per heavy atom. The van der Waals surface area contributed by atoms with E-state index < -0.39 is 0 Å². The second-order valence-corrected chi connectivity index (χ2v) is 4.63. The molecule has 0 aliphatic heterocycles. The molecule has 18 heavy (non-hydrogen) atoms. The molecule has 1 aromatic carbocycles. The van der Waals surface area contributed by atoms with Gasteiger partial charge in [-0.25, -0.2) is 4.68 Å². The summed E-state index contributed by atoms with van der Waals surface area (Å²) in [6, 6.07) is 7.92. The summed E-state index contributed by atoms with van der Waals surface area (Å²) in [6.45, 7) is 0. The van der Waals surface area contributed by atoms with Crippen LogP contribution in [0.1, 0.15) is 24.1 Å². The molecule has 94 valence electrons. The lowest BCUT2D eigenvalue weighted by Gasteiger charge is -2.13. The van der Waals surface area contributed by atoms with Crippen LogP contribution in [0, 0.1) is 0 Å². The highest BCUT2D eigenvalue weighted by Crippen LogP contribution is 2.28. The second-order valence-electron chi connectivity index (χ2n) is 4.63. The standard InChI is InChI=1S/C14H17N3O/c1-18-11-8-6-10(7-9-11)17-13-5-3-2-4-12(13)14(15)16-17/h6-9H,2-5H2,1H3,(H2,15,16). The topological polar surface area (TPSA) is 53.1 Å². The molecule has 1 heterocycles. The number of fused-ring (bicyclic) bond motifs is 1. The molecule has 4 heteroatoms. The quantitative estimate of drug-likeness (QED) is 0.880. The first kappa shape index (κ1) is 11.1. The van der Waals surface area contributed by atoms with Crippen LogP contribution in [0.5, 0.6) is 5.75 Å². The summed E-state index contributed by atoms with van der Waals surface area (Å²) in [5.74, 6) is 1.54. The van der Waals surface area contributed by atoms with Gasteiger partial charge in [0.05, 0.1) is 12.8 Å². The first-order chi connectivity index (χ1) is 8.79. The molecule has 0 unspecified atom stereocenters. The predicted molar refractivity (Wildman–Crippen MR) is 71.2 cm³/mol. The fourth-order valence-corrected chi connectivity index (χ4v) is 2.56. The molecule has 1 aliphatic carbocycles. The predicted octanol–water partition coefficient (Wildman–Crippen LogP) is 2.34. The van der Waals surface area contributed by atoms with Gasteiger partial charge in [-0.1, -0.05) is 0 Å². The van der Waals surface area contributed by atoms with Gasteiger partial charge in [-0.2, -0.15) is 5.10 Å². The van der Waals surface area contributed by atoms with E-state index in [1.54, 1.807) is 7.11 Å². The van der Waals surface area contributed by atoms with Crippen LogP contribution >= 0.6 is 0 Å². The van der Waals surface area contributed by atoms with E-state index in [9.17, 15) is 0 Å². The third kappa shape index (κ3) is 1.74. The lowest BCUT2D eigenvalue weighted by Crippen LogP contribution is -2.07. The normalized spacial score (nSPS) is 14.3. The van der Waals surface area contributed by atoms with Crippen molar-refractivity contribution in [3.63, 3.8) is 0 Å². The molecular formula is C14H17N3O. The molecule has 1 aromatic heterocycles. The average Bonchev–Trinajstić information content (AvgIpc) is 2.77. The Bertz CT molecular complexity index is 557. The number of nitrogens with zero attached hydrogens (tertiary/aromatic N) is 2. The van der Waals surface area contributed by atoms with E-state index in [-0.39, 0.29) is 0 Å². The molecule has 0 bridgehead atoms. The second kappa shape index (κ2) is 4.37. The van der Waals surface area contributed by atoms with Gasteiger partial charge in [0.15, 0.2) is 0 Å². The SMILES string of the molecule is COc1ccc(-n2nc(N)c3c2CCCC3)cc1. The molecule has 1 aliphatic rings. The minimum Gasteiger partial charge on any atom is -0.497 e. The van der Waals surface area contributed by atoms with Crippen molar-refractivity contribution in [3.05, 3.63) is 35.5 Å². The fourth-order valence-electron chi connectivity index (χ4n) is 2.56. The lowest BCUT2D eigenvalue weighted by atomic mass is 9.97. The van der Waals surface area contributed by atoms with Gasteiger partial charge < -0.3 is 10.5 Å². The van der Waals surface area contributed by atoms with Crippen molar-refractivity contribution in [1.29, 1.82) is 0 Å². The Morgan fingerprint density at radius 3 is 2.61 bits per heavy atom. The zero-order valence-electron chi connectivity index (χ0n) is 10.5. The molecule has 0 atom stereocenters. The van der Waals surface area contributed by atoms with Crippen LogP contribution in [-0.4, -0.2) is 16.9 Å². The minimum atomic E-state index is 0.681. The van der Waals surface area contributed by atoms with Crippen LogP contribution in [0.15, 0.2) is 24.3 Å². The Kier molecular flexibility index (Phi) is 2.70. The summed E-state index contributed by atoms with van der Waals surface area (Å²) >= 11 is 0. The number of hydrogen-bond donors (Lipinski definition) is 1. The molecule has 0 spiro atoms. The maximum absolute atomic E-state index is 6.00. The number of methoxy groups -OCH3 is 1. The molecule has 3 rings (SSSR count). The van der Waals surface area contributed by atoms with Crippen LogP contribution in [-0.2, 0) is 12.8 Å². The first-order valence-corrected chi connectivity index (χ1v) is 6.30. The average molecular weight is 243 g/mol. The number of hydrogen-bond acceptors (Lipinski definition) is 3. The van der Waals surface area contributed by atoms with E-state index in [0.717, 1.165) is 24.3 Å². The Hall–Kier alpha value is -1.97. The van der Waals surface area contributed by atoms with Gasteiger partial charge in [0.25, 0.3) is 0 Å². The van der Waals surface area contributed by atoms with Crippen LogP contribution in [0.25, 0.3) is 5.69 Å². The number of aromatic nitrogens is 2. The highest BCUT2D eigenvalue weighted by Gasteiger charge is 2.19. The smallest absolute Gasteiger partial charge is 0.149 e. The summed E-state index contributed by atoms with van der Waals surface area (Å²) in [5, 5.41) is 4.47. The van der Waals surface area contributed by atoms with E-state index >= 15 is 0 Å². The van der Waals surface area contributed by atoms with Crippen LogP contribution in [0.3, 0.4) is 0 Å². The summed E-state index contributed by atoms with van der Waals surface area (Å²) in [5.41, 5.74) is 9.55. The van der Waals surface area contributed by atoms with Crippen molar-refractivity contribution in [1.82, 2.24) is 9.78 Å².